The van der Waals surface area contributed by atoms with Crippen LogP contribution < -0.4 is 5.73 Å². The molecule has 4 N–H and O–H groups in total. The number of urea groups is 2. The summed E-state index contributed by atoms with van der Waals surface area (Å²) in [6.07, 6.45) is 15.2. The van der Waals surface area contributed by atoms with Gasteiger partial charge in [-0.25, -0.2) is 18.0 Å². The SMILES string of the molecule is C1CCOC1.CCC(C)c1nnc([C@@H]2CC[C@@H]3CN2C(=O)N3OS(=O)(=O)[O-])o1.CCCC[N+](CCCC)(CCCC)CCCC.CF.NCC(O)c1nnc([C@@H]2CC[C@@H]3CN2C(=O)N3OS(=O)(=O)O)o1. The summed E-state index contributed by atoms with van der Waals surface area (Å²) in [7, 11) is -9.29. The average Bonchev–Trinajstić information content (AvgIpc) is 4.23. The van der Waals surface area contributed by atoms with Crippen molar-refractivity contribution in [2.75, 3.05) is 66.2 Å². The number of unbranched alkanes of at least 4 members (excludes halogenated alkanes) is 4. The number of aliphatic hydroxyl groups excluding tert-OH is 1. The fourth-order valence-corrected chi connectivity index (χ4v) is 9.47. The zero-order chi connectivity index (χ0) is 52.1. The van der Waals surface area contributed by atoms with Gasteiger partial charge in [-0.05, 0) is 70.6 Å². The molecule has 404 valence electrons. The second kappa shape index (κ2) is 29.7. The van der Waals surface area contributed by atoms with Crippen LogP contribution in [0.4, 0.5) is 14.0 Å². The standard InChI is InChI=1S/C16H36N.C12H18N4O6S.C10H15N5O7S.C4H8O.CH3F/c1-5-9-13-17(14-10-6-2,15-11-7-3)16-12-8-4;1-3-7(2)10-13-14-11(21-10)9-5-4-8-6-15(9)12(17)16(8)22-23(18,19)20;11-3-7(16)9-13-12-8(21-9)6-2-1-5-4-14(6)10(17)15(5)22-23(18,19)20;1-2-4-5-3-1;1-2/h5-16H2,1-4H3;7-9H,3-6H2,1-2H3,(H,18,19,20);5-7,16H,1-4,11H2,(H,18,19,20);1-4H2;1H3/q+1;;;;/p-1/t;7?,8-,9+;5-,6+,7?;;/m.11../s1. The Morgan fingerprint density at radius 1 is 0.729 bits per heavy atom. The van der Waals surface area contributed by atoms with Gasteiger partial charge in [-0.15, -0.1) is 24.7 Å². The van der Waals surface area contributed by atoms with Crippen LogP contribution in [-0.2, 0) is 34.1 Å². The van der Waals surface area contributed by atoms with Crippen LogP contribution in [-0.4, -0.2) is 166 Å². The highest BCUT2D eigenvalue weighted by Gasteiger charge is 2.50. The minimum Gasteiger partial charge on any atom is -0.724 e. The van der Waals surface area contributed by atoms with Crippen molar-refractivity contribution >= 4 is 32.9 Å². The molecular weight excluding hydrogens is 964 g/mol. The third kappa shape index (κ3) is 18.1. The van der Waals surface area contributed by atoms with Gasteiger partial charge in [0.25, 0.3) is 0 Å². The van der Waals surface area contributed by atoms with Crippen molar-refractivity contribution in [1.82, 2.24) is 40.3 Å². The van der Waals surface area contributed by atoms with E-state index >= 15 is 0 Å². The van der Waals surface area contributed by atoms with Gasteiger partial charge >= 0.3 is 22.5 Å². The van der Waals surface area contributed by atoms with E-state index in [-0.39, 0.29) is 37.3 Å². The Hall–Kier alpha value is -3.67. The molecule has 27 heteroatoms. The molecule has 2 aromatic rings. The largest absolute Gasteiger partial charge is 0.724 e. The van der Waals surface area contributed by atoms with Crippen molar-refractivity contribution < 1.29 is 71.6 Å². The number of alkyl halides is 1. The van der Waals surface area contributed by atoms with Crippen molar-refractivity contribution in [3.63, 3.8) is 0 Å². The van der Waals surface area contributed by atoms with E-state index < -0.39 is 63.1 Å². The number of quaternary nitrogens is 1. The molecule has 5 fully saturated rings. The summed E-state index contributed by atoms with van der Waals surface area (Å²) in [5.74, 6) is 1.01. The monoisotopic (exact) mass is 1040 g/mol. The Morgan fingerprint density at radius 3 is 1.50 bits per heavy atom. The van der Waals surface area contributed by atoms with Gasteiger partial charge in [-0.3, -0.25) is 8.94 Å². The number of hydrogen-bond donors (Lipinski definition) is 3. The first kappa shape index (κ1) is 60.6. The van der Waals surface area contributed by atoms with Crippen LogP contribution in [0.15, 0.2) is 8.83 Å². The molecule has 5 aliphatic rings. The van der Waals surface area contributed by atoms with Gasteiger partial charge in [-0.2, -0.15) is 22.8 Å². The van der Waals surface area contributed by atoms with Gasteiger partial charge in [0.1, 0.15) is 18.2 Å². The van der Waals surface area contributed by atoms with Crippen molar-refractivity contribution in [2.45, 2.75) is 174 Å². The molecule has 7 heterocycles. The number of carbonyl (C=O) groups excluding carboxylic acids is 2. The molecule has 70 heavy (non-hydrogen) atoms. The zero-order valence-electron chi connectivity index (χ0n) is 42.0. The second-order valence-corrected chi connectivity index (χ2v) is 20.0. The number of carbonyl (C=O) groups is 2. The molecule has 5 saturated heterocycles. The molecule has 0 spiro atoms. The Bertz CT molecular complexity index is 1900. The summed E-state index contributed by atoms with van der Waals surface area (Å²) in [5, 5.41) is 26.3. The molecule has 7 rings (SSSR count). The number of ether oxygens (including phenoxy) is 1. The highest BCUT2D eigenvalue weighted by atomic mass is 32.3. The van der Waals surface area contributed by atoms with Gasteiger partial charge in [0, 0.05) is 38.8 Å². The molecule has 6 atom stereocenters. The van der Waals surface area contributed by atoms with Crippen LogP contribution >= 0.6 is 0 Å². The first-order chi connectivity index (χ1) is 33.3. The summed E-state index contributed by atoms with van der Waals surface area (Å²) in [6.45, 7) is 21.3. The number of halogens is 1. The van der Waals surface area contributed by atoms with E-state index in [9.17, 15) is 40.5 Å². The van der Waals surface area contributed by atoms with E-state index in [0.717, 1.165) is 19.6 Å². The Kier molecular flexibility index (Phi) is 25.8. The van der Waals surface area contributed by atoms with E-state index in [4.69, 9.17) is 23.9 Å². The maximum absolute atomic E-state index is 12.3. The number of nitrogens with two attached hydrogens (primary N) is 1. The number of hydroxylamine groups is 4. The number of rotatable bonds is 22. The predicted molar refractivity (Wildman–Crippen MR) is 251 cm³/mol. The highest BCUT2D eigenvalue weighted by Crippen LogP contribution is 2.40. The van der Waals surface area contributed by atoms with Gasteiger partial charge in [0.05, 0.1) is 45.4 Å². The van der Waals surface area contributed by atoms with Gasteiger partial charge in [0.15, 0.2) is 0 Å². The summed E-state index contributed by atoms with van der Waals surface area (Å²) >= 11 is 0. The molecule has 0 radical (unpaired) electrons. The van der Waals surface area contributed by atoms with Gasteiger partial charge < -0.3 is 43.2 Å². The molecule has 4 bridgehead atoms. The molecule has 24 nitrogen and oxygen atoms in total. The maximum atomic E-state index is 12.3. The lowest BCUT2D eigenvalue weighted by Gasteiger charge is -2.39. The lowest BCUT2D eigenvalue weighted by atomic mass is 10.0. The van der Waals surface area contributed by atoms with Gasteiger partial charge in [0.2, 0.25) is 34.0 Å². The van der Waals surface area contributed by atoms with Crippen LogP contribution in [0.5, 0.6) is 0 Å². The average molecular weight is 1040 g/mol. The summed E-state index contributed by atoms with van der Waals surface area (Å²) in [4.78, 5) is 27.2. The molecule has 5 aliphatic heterocycles. The number of hydrogen-bond acceptors (Lipinski definition) is 18. The topological polar surface area (TPSA) is 310 Å². The number of piperidine rings is 2. The first-order valence-corrected chi connectivity index (χ1v) is 27.4. The summed E-state index contributed by atoms with van der Waals surface area (Å²) < 4.78 is 98.1. The Morgan fingerprint density at radius 2 is 1.14 bits per heavy atom. The first-order valence-electron chi connectivity index (χ1n) is 24.7. The van der Waals surface area contributed by atoms with Crippen LogP contribution in [0.1, 0.15) is 186 Å². The normalized spacial score (nSPS) is 21.8. The van der Waals surface area contributed by atoms with Crippen LogP contribution in [0.2, 0.25) is 0 Å². The van der Waals surface area contributed by atoms with E-state index in [2.05, 4.69) is 56.7 Å². The number of amides is 4. The van der Waals surface area contributed by atoms with E-state index in [1.165, 1.54) is 105 Å². The van der Waals surface area contributed by atoms with Crippen molar-refractivity contribution in [2.24, 2.45) is 5.73 Å². The third-order valence-electron chi connectivity index (χ3n) is 12.8. The number of nitrogens with zero attached hydrogens (tertiary/aromatic N) is 9. The summed E-state index contributed by atoms with van der Waals surface area (Å²) in [6, 6.07) is -3.39. The molecule has 0 aromatic carbocycles. The molecule has 4 amide bonds. The third-order valence-corrected chi connectivity index (χ3v) is 13.5. The fourth-order valence-electron chi connectivity index (χ4n) is 8.70. The highest BCUT2D eigenvalue weighted by molar-refractivity contribution is 7.81. The number of fused-ring (bicyclic) bond motifs is 4. The second-order valence-electron chi connectivity index (χ2n) is 18.0. The zero-order valence-corrected chi connectivity index (χ0v) is 43.7. The minimum atomic E-state index is -4.99. The lowest BCUT2D eigenvalue weighted by Crippen LogP contribution is -2.50. The van der Waals surface area contributed by atoms with E-state index in [1.54, 1.807) is 0 Å². The maximum Gasteiger partial charge on any atom is 0.418 e. The number of aromatic nitrogens is 4. The number of aliphatic hydroxyl groups is 1. The van der Waals surface area contributed by atoms with Crippen LogP contribution in [0.3, 0.4) is 0 Å². The van der Waals surface area contributed by atoms with Crippen molar-refractivity contribution in [1.29, 1.82) is 0 Å². The summed E-state index contributed by atoms with van der Waals surface area (Å²) in [5.41, 5.74) is 5.30. The lowest BCUT2D eigenvalue weighted by molar-refractivity contribution is -0.929. The Labute approximate surface area is 413 Å². The Balaban J connectivity index is 0.000000262. The fraction of sp³-hybridized carbons (Fsp3) is 0.860. The van der Waals surface area contributed by atoms with Crippen molar-refractivity contribution in [3.8, 4) is 0 Å². The molecule has 0 saturated carbocycles. The smallest absolute Gasteiger partial charge is 0.418 e. The van der Waals surface area contributed by atoms with Crippen LogP contribution in [0, 0.1) is 0 Å². The molecule has 0 aliphatic carbocycles. The van der Waals surface area contributed by atoms with E-state index in [1.807, 2.05) is 13.8 Å². The molecule has 2 aromatic heterocycles. The minimum absolute atomic E-state index is 0.0534. The quantitative estimate of drug-likeness (QED) is 0.0687. The van der Waals surface area contributed by atoms with Crippen molar-refractivity contribution in [3.05, 3.63) is 23.6 Å². The predicted octanol–water partition coefficient (Wildman–Crippen LogP) is 6.04. The van der Waals surface area contributed by atoms with Gasteiger partial charge in [-0.1, -0.05) is 67.2 Å². The molecular formula is C43H79FN10O14S2. The van der Waals surface area contributed by atoms with Crippen LogP contribution in [0.25, 0.3) is 0 Å². The molecule has 2 unspecified atom stereocenters. The van der Waals surface area contributed by atoms with E-state index in [0.29, 0.717) is 54.8 Å².